The smallest absolute Gasteiger partial charge is 0.267 e. The number of amides is 1. The molecule has 9 heteroatoms. The van der Waals surface area contributed by atoms with E-state index in [-0.39, 0.29) is 23.9 Å². The number of aromatic nitrogens is 1. The normalized spacial score (nSPS) is 11.2. The first-order valence-corrected chi connectivity index (χ1v) is 8.98. The van der Waals surface area contributed by atoms with E-state index in [1.807, 2.05) is 0 Å². The van der Waals surface area contributed by atoms with Gasteiger partial charge in [-0.3, -0.25) is 4.79 Å². The minimum Gasteiger partial charge on any atom is -0.493 e. The predicted octanol–water partition coefficient (Wildman–Crippen LogP) is 0.751. The monoisotopic (exact) mass is 367 g/mol. The van der Waals surface area contributed by atoms with E-state index < -0.39 is 10.0 Å². The van der Waals surface area contributed by atoms with Crippen LogP contribution in [-0.2, 0) is 17.1 Å². The van der Waals surface area contributed by atoms with Crippen molar-refractivity contribution in [3.8, 4) is 11.5 Å². The van der Waals surface area contributed by atoms with Crippen molar-refractivity contribution in [3.63, 3.8) is 0 Å². The van der Waals surface area contributed by atoms with E-state index in [1.165, 1.54) is 32.4 Å². The highest BCUT2D eigenvalue weighted by molar-refractivity contribution is 7.89. The Morgan fingerprint density at radius 1 is 1.12 bits per heavy atom. The van der Waals surface area contributed by atoms with Crippen LogP contribution in [0.25, 0.3) is 0 Å². The number of aryl methyl sites for hydroxylation is 1. The molecule has 0 atom stereocenters. The van der Waals surface area contributed by atoms with Crippen LogP contribution in [0.5, 0.6) is 11.5 Å². The maximum atomic E-state index is 12.3. The number of rotatable bonds is 8. The zero-order valence-electron chi connectivity index (χ0n) is 14.3. The molecule has 0 spiro atoms. The van der Waals surface area contributed by atoms with Gasteiger partial charge in [0.1, 0.15) is 5.69 Å². The summed E-state index contributed by atoms with van der Waals surface area (Å²) < 4.78 is 38.9. The summed E-state index contributed by atoms with van der Waals surface area (Å²) in [6.45, 7) is 0.226. The molecule has 1 aromatic heterocycles. The quantitative estimate of drug-likeness (QED) is 0.671. The number of nitrogens with zero attached hydrogens (tertiary/aromatic N) is 1. The molecule has 8 nitrogen and oxygen atoms in total. The van der Waals surface area contributed by atoms with Gasteiger partial charge in [-0.1, -0.05) is 0 Å². The number of nitrogens with one attached hydrogen (secondary N) is 2. The minimum atomic E-state index is -3.72. The Morgan fingerprint density at radius 2 is 1.84 bits per heavy atom. The van der Waals surface area contributed by atoms with Gasteiger partial charge in [0.15, 0.2) is 11.5 Å². The van der Waals surface area contributed by atoms with Crippen molar-refractivity contribution < 1.29 is 22.7 Å². The van der Waals surface area contributed by atoms with Crippen LogP contribution in [0, 0.1) is 0 Å². The summed E-state index contributed by atoms with van der Waals surface area (Å²) in [7, 11) is 0.942. The van der Waals surface area contributed by atoms with Crippen LogP contribution in [-0.4, -0.2) is 46.2 Å². The maximum absolute atomic E-state index is 12.3. The molecule has 0 aliphatic rings. The predicted molar refractivity (Wildman–Crippen MR) is 92.5 cm³/mol. The van der Waals surface area contributed by atoms with E-state index in [0.717, 1.165) is 0 Å². The van der Waals surface area contributed by atoms with Crippen molar-refractivity contribution in [1.82, 2.24) is 14.6 Å². The molecule has 0 fully saturated rings. The van der Waals surface area contributed by atoms with Gasteiger partial charge in [0.05, 0.1) is 19.1 Å². The van der Waals surface area contributed by atoms with E-state index in [0.29, 0.717) is 17.2 Å². The van der Waals surface area contributed by atoms with Crippen LogP contribution >= 0.6 is 0 Å². The Bertz CT molecular complexity index is 845. The summed E-state index contributed by atoms with van der Waals surface area (Å²) in [4.78, 5) is 12.0. The van der Waals surface area contributed by atoms with Crippen molar-refractivity contribution in [2.24, 2.45) is 7.05 Å². The highest BCUT2D eigenvalue weighted by atomic mass is 32.2. The number of carbonyl (C=O) groups is 1. The summed E-state index contributed by atoms with van der Waals surface area (Å²) in [5.41, 5.74) is 0.503. The lowest BCUT2D eigenvalue weighted by Gasteiger charge is -2.11. The van der Waals surface area contributed by atoms with Crippen LogP contribution in [0.15, 0.2) is 41.4 Å². The van der Waals surface area contributed by atoms with Crippen LogP contribution in [0.2, 0.25) is 0 Å². The molecular weight excluding hydrogens is 346 g/mol. The highest BCUT2D eigenvalue weighted by Crippen LogP contribution is 2.29. The molecule has 1 aromatic carbocycles. The second-order valence-corrected chi connectivity index (χ2v) is 6.94. The van der Waals surface area contributed by atoms with Gasteiger partial charge in [-0.25, -0.2) is 13.1 Å². The molecule has 1 heterocycles. The van der Waals surface area contributed by atoms with Crippen LogP contribution < -0.4 is 19.5 Å². The van der Waals surface area contributed by atoms with Gasteiger partial charge in [-0.05, 0) is 24.3 Å². The van der Waals surface area contributed by atoms with E-state index in [4.69, 9.17) is 9.47 Å². The number of carbonyl (C=O) groups excluding carboxylic acids is 1. The van der Waals surface area contributed by atoms with Crippen molar-refractivity contribution in [2.75, 3.05) is 27.3 Å². The second-order valence-electron chi connectivity index (χ2n) is 5.17. The third-order valence-electron chi connectivity index (χ3n) is 3.54. The summed E-state index contributed by atoms with van der Waals surface area (Å²) in [5, 5.41) is 2.66. The summed E-state index contributed by atoms with van der Waals surface area (Å²) >= 11 is 0. The third-order valence-corrected chi connectivity index (χ3v) is 5.00. The van der Waals surface area contributed by atoms with Gasteiger partial charge < -0.3 is 19.4 Å². The largest absolute Gasteiger partial charge is 0.493 e. The molecule has 136 valence electrons. The molecule has 0 saturated carbocycles. The Kier molecular flexibility index (Phi) is 6.05. The molecule has 0 bridgehead atoms. The number of methoxy groups -OCH3 is 2. The standard InChI is InChI=1S/C16H21N3O5S/c1-19-10-4-5-13(19)16(20)17-8-9-18-25(21,22)12-6-7-14(23-2)15(11-12)24-3/h4-7,10-11,18H,8-9H2,1-3H3,(H,17,20). The molecule has 2 rings (SSSR count). The number of hydrogen-bond acceptors (Lipinski definition) is 5. The molecule has 1 amide bonds. The fourth-order valence-corrected chi connectivity index (χ4v) is 3.26. The number of benzene rings is 1. The molecule has 0 saturated heterocycles. The minimum absolute atomic E-state index is 0.0545. The van der Waals surface area contributed by atoms with Crippen LogP contribution in [0.1, 0.15) is 10.5 Å². The fourth-order valence-electron chi connectivity index (χ4n) is 2.22. The van der Waals surface area contributed by atoms with Gasteiger partial charge in [0.2, 0.25) is 10.0 Å². The fraction of sp³-hybridized carbons (Fsp3) is 0.312. The first-order valence-electron chi connectivity index (χ1n) is 7.50. The molecule has 2 N–H and O–H groups in total. The highest BCUT2D eigenvalue weighted by Gasteiger charge is 2.17. The molecule has 0 aliphatic carbocycles. The topological polar surface area (TPSA) is 98.7 Å². The molecule has 0 unspecified atom stereocenters. The Hall–Kier alpha value is -2.52. The molecule has 25 heavy (non-hydrogen) atoms. The molecule has 2 aromatic rings. The van der Waals surface area contributed by atoms with Crippen LogP contribution in [0.3, 0.4) is 0 Å². The lowest BCUT2D eigenvalue weighted by molar-refractivity contribution is 0.0946. The number of hydrogen-bond donors (Lipinski definition) is 2. The zero-order valence-corrected chi connectivity index (χ0v) is 15.1. The summed E-state index contributed by atoms with van der Waals surface area (Å²) in [6.07, 6.45) is 1.76. The van der Waals surface area contributed by atoms with E-state index in [9.17, 15) is 13.2 Å². The zero-order chi connectivity index (χ0) is 18.4. The Morgan fingerprint density at radius 3 is 2.44 bits per heavy atom. The second kappa shape index (κ2) is 8.04. The van der Waals surface area contributed by atoms with Crippen molar-refractivity contribution >= 4 is 15.9 Å². The van der Waals surface area contributed by atoms with Crippen molar-refractivity contribution in [2.45, 2.75) is 4.90 Å². The number of ether oxygens (including phenoxy) is 2. The molecule has 0 radical (unpaired) electrons. The SMILES string of the molecule is COc1ccc(S(=O)(=O)NCCNC(=O)c2cccn2C)cc1OC. The van der Waals surface area contributed by atoms with E-state index in [1.54, 1.807) is 29.9 Å². The first kappa shape index (κ1) is 18.8. The Labute approximate surface area is 146 Å². The van der Waals surface area contributed by atoms with Gasteiger partial charge in [-0.15, -0.1) is 0 Å². The Balaban J connectivity index is 1.93. The maximum Gasteiger partial charge on any atom is 0.267 e. The van der Waals surface area contributed by atoms with Gasteiger partial charge in [-0.2, -0.15) is 0 Å². The molecular formula is C16H21N3O5S. The lowest BCUT2D eigenvalue weighted by Crippen LogP contribution is -2.35. The lowest BCUT2D eigenvalue weighted by atomic mass is 10.3. The van der Waals surface area contributed by atoms with E-state index >= 15 is 0 Å². The first-order chi connectivity index (χ1) is 11.9. The molecule has 0 aliphatic heterocycles. The average molecular weight is 367 g/mol. The van der Waals surface area contributed by atoms with Crippen LogP contribution in [0.4, 0.5) is 0 Å². The van der Waals surface area contributed by atoms with E-state index in [2.05, 4.69) is 10.0 Å². The average Bonchev–Trinajstić information content (AvgIpc) is 3.04. The van der Waals surface area contributed by atoms with Crippen molar-refractivity contribution in [3.05, 3.63) is 42.2 Å². The van der Waals surface area contributed by atoms with Gasteiger partial charge in [0.25, 0.3) is 5.91 Å². The van der Waals surface area contributed by atoms with Gasteiger partial charge in [0, 0.05) is 32.4 Å². The van der Waals surface area contributed by atoms with Gasteiger partial charge >= 0.3 is 0 Å². The summed E-state index contributed by atoms with van der Waals surface area (Å²) in [5.74, 6) is 0.497. The summed E-state index contributed by atoms with van der Waals surface area (Å²) in [6, 6.07) is 7.76. The number of sulfonamides is 1. The third kappa shape index (κ3) is 4.52. The van der Waals surface area contributed by atoms with Crippen molar-refractivity contribution in [1.29, 1.82) is 0 Å².